The standard InChI is InChI=1S/C17H19F2N5O2/c18-17(19)3-6-23(7-4-17)16(25)13-10-24(8-9-26-13)15-12-2-1-5-20-14(12)21-11-22-15/h1-2,5,11,13H,3-4,6-10H2. The molecule has 1 unspecified atom stereocenters. The molecular weight excluding hydrogens is 344 g/mol. The van der Waals surface area contributed by atoms with Crippen LogP contribution in [0.2, 0.25) is 0 Å². The van der Waals surface area contributed by atoms with Crippen LogP contribution in [0.15, 0.2) is 24.7 Å². The predicted molar refractivity (Wildman–Crippen MR) is 90.0 cm³/mol. The zero-order valence-corrected chi connectivity index (χ0v) is 14.1. The van der Waals surface area contributed by atoms with Gasteiger partial charge in [-0.2, -0.15) is 0 Å². The van der Waals surface area contributed by atoms with Crippen molar-refractivity contribution in [1.29, 1.82) is 0 Å². The molecule has 1 atom stereocenters. The Kier molecular flexibility index (Phi) is 4.39. The van der Waals surface area contributed by atoms with Crippen molar-refractivity contribution in [2.24, 2.45) is 0 Å². The van der Waals surface area contributed by atoms with Crippen molar-refractivity contribution in [3.63, 3.8) is 0 Å². The summed E-state index contributed by atoms with van der Waals surface area (Å²) < 4.78 is 32.3. The van der Waals surface area contributed by atoms with Crippen LogP contribution < -0.4 is 4.90 Å². The fourth-order valence-electron chi connectivity index (χ4n) is 3.38. The summed E-state index contributed by atoms with van der Waals surface area (Å²) in [5.41, 5.74) is 0.588. The Hall–Kier alpha value is -2.42. The molecule has 2 aliphatic heterocycles. The van der Waals surface area contributed by atoms with E-state index in [0.29, 0.717) is 31.2 Å². The number of hydrogen-bond acceptors (Lipinski definition) is 6. The molecule has 138 valence electrons. The van der Waals surface area contributed by atoms with Gasteiger partial charge in [0.25, 0.3) is 11.8 Å². The maximum absolute atomic E-state index is 13.3. The summed E-state index contributed by atoms with van der Waals surface area (Å²) in [5.74, 6) is -2.21. The molecule has 0 N–H and O–H groups in total. The number of fused-ring (bicyclic) bond motifs is 1. The van der Waals surface area contributed by atoms with Gasteiger partial charge < -0.3 is 14.5 Å². The maximum atomic E-state index is 13.3. The molecule has 0 bridgehead atoms. The molecule has 0 aliphatic carbocycles. The molecule has 2 saturated heterocycles. The van der Waals surface area contributed by atoms with Crippen LogP contribution in [0.5, 0.6) is 0 Å². The highest BCUT2D eigenvalue weighted by Crippen LogP contribution is 2.29. The summed E-state index contributed by atoms with van der Waals surface area (Å²) in [5, 5.41) is 0.806. The topological polar surface area (TPSA) is 71.5 Å². The quantitative estimate of drug-likeness (QED) is 0.805. The van der Waals surface area contributed by atoms with E-state index in [1.165, 1.54) is 11.2 Å². The van der Waals surface area contributed by atoms with Gasteiger partial charge in [0.05, 0.1) is 18.5 Å². The summed E-state index contributed by atoms with van der Waals surface area (Å²) in [7, 11) is 0. The smallest absolute Gasteiger partial charge is 0.253 e. The molecule has 0 radical (unpaired) electrons. The molecule has 4 rings (SSSR count). The minimum atomic E-state index is -2.68. The van der Waals surface area contributed by atoms with E-state index >= 15 is 0 Å². The maximum Gasteiger partial charge on any atom is 0.253 e. The van der Waals surface area contributed by atoms with Gasteiger partial charge in [-0.1, -0.05) is 0 Å². The molecule has 2 fully saturated rings. The van der Waals surface area contributed by atoms with Gasteiger partial charge in [-0.3, -0.25) is 4.79 Å². The molecule has 2 aliphatic rings. The second-order valence-electron chi connectivity index (χ2n) is 6.56. The molecule has 0 saturated carbocycles. The van der Waals surface area contributed by atoms with Gasteiger partial charge in [0.2, 0.25) is 0 Å². The summed E-state index contributed by atoms with van der Waals surface area (Å²) in [4.78, 5) is 28.9. The SMILES string of the molecule is O=C(C1CN(c2ncnc3ncccc23)CCO1)N1CCC(F)(F)CC1. The normalized spacial score (nSPS) is 23.2. The number of hydrogen-bond donors (Lipinski definition) is 0. The summed E-state index contributed by atoms with van der Waals surface area (Å²) in [6.07, 6.45) is 1.84. The molecule has 2 aromatic rings. The first kappa shape index (κ1) is 17.0. The number of ether oxygens (including phenoxy) is 1. The number of rotatable bonds is 2. The predicted octanol–water partition coefficient (Wildman–Crippen LogP) is 1.49. The van der Waals surface area contributed by atoms with Crippen LogP contribution in [-0.4, -0.2) is 70.6 Å². The molecule has 1 amide bonds. The summed E-state index contributed by atoms with van der Waals surface area (Å²) in [6.45, 7) is 1.40. The fourth-order valence-corrected chi connectivity index (χ4v) is 3.38. The number of piperidine rings is 1. The van der Waals surface area contributed by atoms with E-state index in [2.05, 4.69) is 15.0 Å². The molecule has 4 heterocycles. The molecule has 0 aromatic carbocycles. The van der Waals surface area contributed by atoms with Crippen LogP contribution in [-0.2, 0) is 9.53 Å². The van der Waals surface area contributed by atoms with E-state index in [4.69, 9.17) is 4.74 Å². The average Bonchev–Trinajstić information content (AvgIpc) is 2.67. The highest BCUT2D eigenvalue weighted by atomic mass is 19.3. The van der Waals surface area contributed by atoms with E-state index in [1.54, 1.807) is 6.20 Å². The van der Waals surface area contributed by atoms with Gasteiger partial charge in [-0.15, -0.1) is 0 Å². The lowest BCUT2D eigenvalue weighted by atomic mass is 10.1. The number of carbonyl (C=O) groups is 1. The molecule has 7 nitrogen and oxygen atoms in total. The zero-order chi connectivity index (χ0) is 18.1. The number of aromatic nitrogens is 3. The molecular formula is C17H19F2N5O2. The van der Waals surface area contributed by atoms with E-state index in [0.717, 1.165) is 5.39 Å². The lowest BCUT2D eigenvalue weighted by Gasteiger charge is -2.38. The first-order valence-corrected chi connectivity index (χ1v) is 8.62. The van der Waals surface area contributed by atoms with E-state index in [-0.39, 0.29) is 31.8 Å². The van der Waals surface area contributed by atoms with Gasteiger partial charge in [-0.25, -0.2) is 23.7 Å². The number of morpholine rings is 1. The fraction of sp³-hybridized carbons (Fsp3) is 0.529. The van der Waals surface area contributed by atoms with E-state index < -0.39 is 12.0 Å². The van der Waals surface area contributed by atoms with Crippen molar-refractivity contribution >= 4 is 22.8 Å². The number of alkyl halides is 2. The number of carbonyl (C=O) groups excluding carboxylic acids is 1. The van der Waals surface area contributed by atoms with Crippen LogP contribution in [0.3, 0.4) is 0 Å². The lowest BCUT2D eigenvalue weighted by Crippen LogP contribution is -2.53. The van der Waals surface area contributed by atoms with Crippen LogP contribution >= 0.6 is 0 Å². The Morgan fingerprint density at radius 3 is 2.81 bits per heavy atom. The van der Waals surface area contributed by atoms with E-state index in [9.17, 15) is 13.6 Å². The number of pyridine rings is 1. The third kappa shape index (κ3) is 3.31. The van der Waals surface area contributed by atoms with E-state index in [1.807, 2.05) is 17.0 Å². The van der Waals surface area contributed by atoms with Crippen LogP contribution in [0.25, 0.3) is 11.0 Å². The van der Waals surface area contributed by atoms with Crippen molar-refractivity contribution in [1.82, 2.24) is 19.9 Å². The van der Waals surface area contributed by atoms with Gasteiger partial charge in [0.1, 0.15) is 12.1 Å². The Bertz CT molecular complexity index is 803. The minimum Gasteiger partial charge on any atom is -0.365 e. The van der Waals surface area contributed by atoms with Gasteiger partial charge in [-0.05, 0) is 12.1 Å². The summed E-state index contributed by atoms with van der Waals surface area (Å²) in [6, 6.07) is 3.70. The first-order valence-electron chi connectivity index (χ1n) is 8.62. The second-order valence-corrected chi connectivity index (χ2v) is 6.56. The molecule has 9 heteroatoms. The van der Waals surface area contributed by atoms with Crippen molar-refractivity contribution in [3.8, 4) is 0 Å². The van der Waals surface area contributed by atoms with Gasteiger partial charge in [0.15, 0.2) is 11.8 Å². The highest BCUT2D eigenvalue weighted by molar-refractivity contribution is 5.87. The Morgan fingerprint density at radius 1 is 1.19 bits per heavy atom. The Labute approximate surface area is 149 Å². The molecule has 2 aromatic heterocycles. The zero-order valence-electron chi connectivity index (χ0n) is 14.1. The third-order valence-electron chi connectivity index (χ3n) is 4.84. The highest BCUT2D eigenvalue weighted by Gasteiger charge is 2.38. The minimum absolute atomic E-state index is 0.0616. The Morgan fingerprint density at radius 2 is 2.00 bits per heavy atom. The number of anilines is 1. The number of nitrogens with zero attached hydrogens (tertiary/aromatic N) is 5. The summed E-state index contributed by atoms with van der Waals surface area (Å²) >= 11 is 0. The van der Waals surface area contributed by atoms with Crippen molar-refractivity contribution in [3.05, 3.63) is 24.7 Å². The first-order chi connectivity index (χ1) is 12.5. The van der Waals surface area contributed by atoms with Gasteiger partial charge >= 0.3 is 0 Å². The second kappa shape index (κ2) is 6.71. The number of amides is 1. The number of halogens is 2. The number of likely N-dealkylation sites (tertiary alicyclic amines) is 1. The van der Waals surface area contributed by atoms with Crippen molar-refractivity contribution in [2.75, 3.05) is 37.7 Å². The van der Waals surface area contributed by atoms with Crippen molar-refractivity contribution < 1.29 is 18.3 Å². The average molecular weight is 363 g/mol. The third-order valence-corrected chi connectivity index (χ3v) is 4.84. The van der Waals surface area contributed by atoms with Gasteiger partial charge in [0, 0.05) is 38.7 Å². The Balaban J connectivity index is 1.50. The van der Waals surface area contributed by atoms with Crippen LogP contribution in [0.4, 0.5) is 14.6 Å². The van der Waals surface area contributed by atoms with Crippen molar-refractivity contribution in [2.45, 2.75) is 24.9 Å². The molecule has 0 spiro atoms. The monoisotopic (exact) mass is 363 g/mol. The largest absolute Gasteiger partial charge is 0.365 e. The van der Waals surface area contributed by atoms with Crippen LogP contribution in [0, 0.1) is 0 Å². The lowest BCUT2D eigenvalue weighted by molar-refractivity contribution is -0.150. The van der Waals surface area contributed by atoms with Crippen LogP contribution in [0.1, 0.15) is 12.8 Å². The molecule has 26 heavy (non-hydrogen) atoms.